The molecule has 0 saturated carbocycles. The molecule has 0 heterocycles. The Morgan fingerprint density at radius 1 is 1.05 bits per heavy atom. The molecule has 0 aromatic heterocycles. The van der Waals surface area contributed by atoms with Gasteiger partial charge in [-0.05, 0) is 26.0 Å². The number of halogens is 3. The quantitative estimate of drug-likeness (QED) is 0.846. The summed E-state index contributed by atoms with van der Waals surface area (Å²) in [6.07, 6.45) is -4.50. The van der Waals surface area contributed by atoms with Crippen molar-refractivity contribution in [1.82, 2.24) is 0 Å². The standard InChI is InChI=1S/C13H14F3NO2/c1-12(2,7-17)11-9(18-3)5-8(13(14,15)16)6-10(11)19-4/h5-6H,1-4H3. The van der Waals surface area contributed by atoms with E-state index in [1.54, 1.807) is 13.8 Å². The number of alkyl halides is 3. The summed E-state index contributed by atoms with van der Waals surface area (Å²) in [7, 11) is 2.51. The number of hydrogen-bond acceptors (Lipinski definition) is 3. The number of nitriles is 1. The molecule has 0 unspecified atom stereocenters. The minimum atomic E-state index is -4.50. The van der Waals surface area contributed by atoms with Gasteiger partial charge in [-0.3, -0.25) is 0 Å². The molecule has 0 amide bonds. The van der Waals surface area contributed by atoms with Gasteiger partial charge < -0.3 is 9.47 Å². The predicted molar refractivity (Wildman–Crippen MR) is 63.2 cm³/mol. The van der Waals surface area contributed by atoms with Gasteiger partial charge in [-0.25, -0.2) is 0 Å². The lowest BCUT2D eigenvalue weighted by Gasteiger charge is -2.23. The van der Waals surface area contributed by atoms with Crippen LogP contribution in [0, 0.1) is 11.3 Å². The van der Waals surface area contributed by atoms with E-state index < -0.39 is 17.2 Å². The molecule has 0 aliphatic carbocycles. The maximum atomic E-state index is 12.8. The third kappa shape index (κ3) is 2.92. The Bertz CT molecular complexity index is 491. The van der Waals surface area contributed by atoms with E-state index in [2.05, 4.69) is 0 Å². The maximum Gasteiger partial charge on any atom is 0.416 e. The van der Waals surface area contributed by atoms with Crippen LogP contribution in [-0.4, -0.2) is 14.2 Å². The highest BCUT2D eigenvalue weighted by Gasteiger charge is 2.36. The molecule has 0 spiro atoms. The van der Waals surface area contributed by atoms with Crippen LogP contribution >= 0.6 is 0 Å². The number of methoxy groups -OCH3 is 2. The van der Waals surface area contributed by atoms with Gasteiger partial charge in [0, 0.05) is 0 Å². The first-order valence-corrected chi connectivity index (χ1v) is 5.42. The zero-order valence-electron chi connectivity index (χ0n) is 11.1. The number of rotatable bonds is 3. The molecule has 6 heteroatoms. The van der Waals surface area contributed by atoms with Gasteiger partial charge in [-0.15, -0.1) is 0 Å². The predicted octanol–water partition coefficient (Wildman–Crippen LogP) is 3.52. The molecular weight excluding hydrogens is 259 g/mol. The fourth-order valence-corrected chi connectivity index (χ4v) is 1.75. The normalized spacial score (nSPS) is 11.9. The summed E-state index contributed by atoms with van der Waals surface area (Å²) in [5, 5.41) is 9.13. The zero-order chi connectivity index (χ0) is 14.8. The second-order valence-corrected chi connectivity index (χ2v) is 4.49. The molecule has 3 nitrogen and oxygen atoms in total. The SMILES string of the molecule is COc1cc(C(F)(F)F)cc(OC)c1C(C)(C)C#N. The summed E-state index contributed by atoms with van der Waals surface area (Å²) in [5.74, 6) is -0.0311. The summed E-state index contributed by atoms with van der Waals surface area (Å²) in [4.78, 5) is 0. The Hall–Kier alpha value is -1.90. The summed E-state index contributed by atoms with van der Waals surface area (Å²) in [6.45, 7) is 3.17. The van der Waals surface area contributed by atoms with Crippen molar-refractivity contribution in [1.29, 1.82) is 5.26 Å². The van der Waals surface area contributed by atoms with Crippen LogP contribution in [0.1, 0.15) is 25.0 Å². The smallest absolute Gasteiger partial charge is 0.416 e. The molecule has 0 atom stereocenters. The maximum absolute atomic E-state index is 12.8. The first-order chi connectivity index (χ1) is 8.67. The summed E-state index contributed by atoms with van der Waals surface area (Å²) in [6, 6.07) is 3.77. The zero-order valence-corrected chi connectivity index (χ0v) is 11.1. The average molecular weight is 273 g/mol. The number of hydrogen-bond donors (Lipinski definition) is 0. The van der Waals surface area contributed by atoms with Gasteiger partial charge in [0.15, 0.2) is 0 Å². The average Bonchev–Trinajstić information content (AvgIpc) is 2.35. The van der Waals surface area contributed by atoms with Crippen LogP contribution in [0.3, 0.4) is 0 Å². The third-order valence-corrected chi connectivity index (χ3v) is 2.74. The summed E-state index contributed by atoms with van der Waals surface area (Å²) < 4.78 is 48.2. The Balaban J connectivity index is 3.62. The molecule has 19 heavy (non-hydrogen) atoms. The summed E-state index contributed by atoms with van der Waals surface area (Å²) in [5.41, 5.74) is -1.60. The highest BCUT2D eigenvalue weighted by Crippen LogP contribution is 2.43. The van der Waals surface area contributed by atoms with E-state index in [-0.39, 0.29) is 11.5 Å². The molecule has 0 bridgehead atoms. The Kier molecular flexibility index (Phi) is 3.99. The number of ether oxygens (including phenoxy) is 2. The highest BCUT2D eigenvalue weighted by atomic mass is 19.4. The highest BCUT2D eigenvalue weighted by molar-refractivity contribution is 5.54. The van der Waals surface area contributed by atoms with Crippen molar-refractivity contribution in [3.8, 4) is 17.6 Å². The van der Waals surface area contributed by atoms with Crippen LogP contribution in [0.15, 0.2) is 12.1 Å². The van der Waals surface area contributed by atoms with Crippen molar-refractivity contribution in [2.75, 3.05) is 14.2 Å². The van der Waals surface area contributed by atoms with Crippen LogP contribution in [0.2, 0.25) is 0 Å². The molecule has 0 radical (unpaired) electrons. The van der Waals surface area contributed by atoms with E-state index in [0.717, 1.165) is 12.1 Å². The molecule has 1 rings (SSSR count). The minimum Gasteiger partial charge on any atom is -0.496 e. The largest absolute Gasteiger partial charge is 0.496 e. The van der Waals surface area contributed by atoms with E-state index in [0.29, 0.717) is 5.56 Å². The monoisotopic (exact) mass is 273 g/mol. The van der Waals surface area contributed by atoms with Gasteiger partial charge in [-0.2, -0.15) is 18.4 Å². The van der Waals surface area contributed by atoms with Gasteiger partial charge in [0.25, 0.3) is 0 Å². The molecule has 0 aliphatic rings. The van der Waals surface area contributed by atoms with Gasteiger partial charge in [0.1, 0.15) is 11.5 Å². The number of nitrogens with zero attached hydrogens (tertiary/aromatic N) is 1. The molecule has 0 aliphatic heterocycles. The molecule has 0 fully saturated rings. The van der Waals surface area contributed by atoms with E-state index in [4.69, 9.17) is 14.7 Å². The van der Waals surface area contributed by atoms with E-state index >= 15 is 0 Å². The van der Waals surface area contributed by atoms with Crippen LogP contribution in [0.4, 0.5) is 13.2 Å². The van der Waals surface area contributed by atoms with Crippen molar-refractivity contribution in [3.63, 3.8) is 0 Å². The van der Waals surface area contributed by atoms with E-state index in [1.165, 1.54) is 14.2 Å². The third-order valence-electron chi connectivity index (χ3n) is 2.74. The second kappa shape index (κ2) is 5.00. The lowest BCUT2D eigenvalue weighted by atomic mass is 9.84. The molecular formula is C13H14F3NO2. The minimum absolute atomic E-state index is 0.0155. The lowest BCUT2D eigenvalue weighted by Crippen LogP contribution is -2.18. The van der Waals surface area contributed by atoms with Crippen molar-refractivity contribution in [2.45, 2.75) is 25.4 Å². The van der Waals surface area contributed by atoms with Crippen molar-refractivity contribution < 1.29 is 22.6 Å². The van der Waals surface area contributed by atoms with Gasteiger partial charge in [-0.1, -0.05) is 0 Å². The molecule has 1 aromatic rings. The number of benzene rings is 1. The van der Waals surface area contributed by atoms with Crippen LogP contribution < -0.4 is 9.47 Å². The molecule has 0 N–H and O–H groups in total. The topological polar surface area (TPSA) is 42.2 Å². The van der Waals surface area contributed by atoms with Crippen LogP contribution in [0.5, 0.6) is 11.5 Å². The molecule has 104 valence electrons. The molecule has 0 saturated heterocycles. The lowest BCUT2D eigenvalue weighted by molar-refractivity contribution is -0.137. The first-order valence-electron chi connectivity index (χ1n) is 5.42. The Morgan fingerprint density at radius 3 is 1.74 bits per heavy atom. The Labute approximate surface area is 109 Å². The van der Waals surface area contributed by atoms with Gasteiger partial charge in [0.2, 0.25) is 0 Å². The summed E-state index contributed by atoms with van der Waals surface area (Å²) >= 11 is 0. The molecule has 1 aromatic carbocycles. The van der Waals surface area contributed by atoms with Gasteiger partial charge >= 0.3 is 6.18 Å². The fourth-order valence-electron chi connectivity index (χ4n) is 1.75. The Morgan fingerprint density at radius 2 is 1.47 bits per heavy atom. The van der Waals surface area contributed by atoms with Crippen molar-refractivity contribution in [3.05, 3.63) is 23.3 Å². The first kappa shape index (κ1) is 15.2. The van der Waals surface area contributed by atoms with Crippen LogP contribution in [0.25, 0.3) is 0 Å². The van der Waals surface area contributed by atoms with Crippen LogP contribution in [-0.2, 0) is 11.6 Å². The van der Waals surface area contributed by atoms with E-state index in [9.17, 15) is 13.2 Å². The second-order valence-electron chi connectivity index (χ2n) is 4.49. The van der Waals surface area contributed by atoms with Crippen molar-refractivity contribution in [2.24, 2.45) is 0 Å². The fraction of sp³-hybridized carbons (Fsp3) is 0.462. The van der Waals surface area contributed by atoms with E-state index in [1.807, 2.05) is 6.07 Å². The van der Waals surface area contributed by atoms with Crippen molar-refractivity contribution >= 4 is 0 Å². The van der Waals surface area contributed by atoms with Gasteiger partial charge in [0.05, 0.1) is 36.8 Å².